The van der Waals surface area contributed by atoms with Crippen LogP contribution in [0.25, 0.3) is 0 Å². The molecule has 0 spiro atoms. The molecule has 1 aromatic carbocycles. The minimum absolute atomic E-state index is 0.771. The summed E-state index contributed by atoms with van der Waals surface area (Å²) in [6, 6.07) is 4.33. The minimum atomic E-state index is 0.771. The fourth-order valence-corrected chi connectivity index (χ4v) is 1.79. The Morgan fingerprint density at radius 1 is 1.20 bits per heavy atom. The molecule has 15 heavy (non-hydrogen) atoms. The van der Waals surface area contributed by atoms with Crippen molar-refractivity contribution in [2.45, 2.75) is 33.1 Å². The van der Waals surface area contributed by atoms with Crippen LogP contribution in [0.4, 0.5) is 0 Å². The van der Waals surface area contributed by atoms with E-state index in [-0.39, 0.29) is 0 Å². The molecule has 0 saturated carbocycles. The summed E-state index contributed by atoms with van der Waals surface area (Å²) in [5, 5.41) is 0. The van der Waals surface area contributed by atoms with Crippen molar-refractivity contribution in [2.24, 2.45) is 5.73 Å². The van der Waals surface area contributed by atoms with Crippen LogP contribution < -0.4 is 10.5 Å². The van der Waals surface area contributed by atoms with Crippen LogP contribution in [-0.4, -0.2) is 13.7 Å². The second-order valence-corrected chi connectivity index (χ2v) is 3.95. The largest absolute Gasteiger partial charge is 0.496 e. The summed E-state index contributed by atoms with van der Waals surface area (Å²) >= 11 is 0. The number of methoxy groups -OCH3 is 1. The van der Waals surface area contributed by atoms with Crippen LogP contribution in [0.15, 0.2) is 12.1 Å². The van der Waals surface area contributed by atoms with Crippen molar-refractivity contribution in [1.29, 1.82) is 0 Å². The summed E-state index contributed by atoms with van der Waals surface area (Å²) < 4.78 is 5.46. The van der Waals surface area contributed by atoms with Gasteiger partial charge in [0.1, 0.15) is 5.75 Å². The van der Waals surface area contributed by atoms with Gasteiger partial charge < -0.3 is 10.5 Å². The monoisotopic (exact) mass is 207 g/mol. The summed E-state index contributed by atoms with van der Waals surface area (Å²) in [6.07, 6.45) is 3.27. The lowest BCUT2D eigenvalue weighted by Crippen LogP contribution is -2.01. The van der Waals surface area contributed by atoms with E-state index >= 15 is 0 Å². The molecule has 0 fully saturated rings. The van der Waals surface area contributed by atoms with Crippen LogP contribution in [0.1, 0.15) is 29.5 Å². The Labute approximate surface area is 92.4 Å². The molecule has 2 N–H and O–H groups in total. The Morgan fingerprint density at radius 2 is 1.93 bits per heavy atom. The SMILES string of the molecule is COc1c(CCCCN)ccc(C)c1C. The first-order valence-corrected chi connectivity index (χ1v) is 5.53. The lowest BCUT2D eigenvalue weighted by atomic mass is 10.0. The molecule has 0 aliphatic carbocycles. The van der Waals surface area contributed by atoms with E-state index in [9.17, 15) is 0 Å². The first-order chi connectivity index (χ1) is 7.20. The molecule has 84 valence electrons. The van der Waals surface area contributed by atoms with Crippen molar-refractivity contribution in [3.63, 3.8) is 0 Å². The van der Waals surface area contributed by atoms with Gasteiger partial charge in [0.25, 0.3) is 0 Å². The maximum atomic E-state index is 5.49. The Hall–Kier alpha value is -1.02. The van der Waals surface area contributed by atoms with E-state index in [1.54, 1.807) is 7.11 Å². The van der Waals surface area contributed by atoms with Gasteiger partial charge in [-0.2, -0.15) is 0 Å². The van der Waals surface area contributed by atoms with Gasteiger partial charge in [0.2, 0.25) is 0 Å². The van der Waals surface area contributed by atoms with Gasteiger partial charge >= 0.3 is 0 Å². The zero-order valence-electron chi connectivity index (χ0n) is 9.97. The Bertz CT molecular complexity index is 321. The summed E-state index contributed by atoms with van der Waals surface area (Å²) in [6.45, 7) is 5.00. The fraction of sp³-hybridized carbons (Fsp3) is 0.538. The van der Waals surface area contributed by atoms with Crippen LogP contribution in [0.5, 0.6) is 5.75 Å². The third-order valence-electron chi connectivity index (χ3n) is 2.86. The molecule has 0 atom stereocenters. The fourth-order valence-electron chi connectivity index (χ4n) is 1.79. The molecule has 1 aromatic rings. The molecule has 0 bridgehead atoms. The third kappa shape index (κ3) is 2.96. The van der Waals surface area contributed by atoms with Crippen molar-refractivity contribution in [1.82, 2.24) is 0 Å². The van der Waals surface area contributed by atoms with Gasteiger partial charge in [0.05, 0.1) is 7.11 Å². The van der Waals surface area contributed by atoms with Crippen LogP contribution in [0, 0.1) is 13.8 Å². The van der Waals surface area contributed by atoms with E-state index in [1.807, 2.05) is 0 Å². The van der Waals surface area contributed by atoms with Crippen molar-refractivity contribution < 1.29 is 4.74 Å². The molecule has 0 radical (unpaired) electrons. The Kier molecular flexibility index (Phi) is 4.63. The number of benzene rings is 1. The minimum Gasteiger partial charge on any atom is -0.496 e. The van der Waals surface area contributed by atoms with Crippen LogP contribution in [-0.2, 0) is 6.42 Å². The summed E-state index contributed by atoms with van der Waals surface area (Å²) in [5.74, 6) is 1.05. The second-order valence-electron chi connectivity index (χ2n) is 3.95. The van der Waals surface area contributed by atoms with E-state index in [2.05, 4.69) is 26.0 Å². The van der Waals surface area contributed by atoms with Gasteiger partial charge in [0.15, 0.2) is 0 Å². The molecule has 2 heteroatoms. The maximum Gasteiger partial charge on any atom is 0.125 e. The van der Waals surface area contributed by atoms with Gasteiger partial charge in [-0.1, -0.05) is 12.1 Å². The maximum absolute atomic E-state index is 5.49. The zero-order chi connectivity index (χ0) is 11.3. The molecule has 0 unspecified atom stereocenters. The van der Waals surface area contributed by atoms with Crippen molar-refractivity contribution in [2.75, 3.05) is 13.7 Å². The quantitative estimate of drug-likeness (QED) is 0.753. The topological polar surface area (TPSA) is 35.2 Å². The number of unbranched alkanes of at least 4 members (excludes halogenated alkanes) is 1. The zero-order valence-corrected chi connectivity index (χ0v) is 9.97. The average molecular weight is 207 g/mol. The molecular weight excluding hydrogens is 186 g/mol. The smallest absolute Gasteiger partial charge is 0.125 e. The molecule has 0 aliphatic rings. The van der Waals surface area contributed by atoms with Crippen LogP contribution in [0.2, 0.25) is 0 Å². The molecular formula is C13H21NO. The number of hydrogen-bond donors (Lipinski definition) is 1. The van der Waals surface area contributed by atoms with Crippen LogP contribution in [0.3, 0.4) is 0 Å². The molecule has 0 aromatic heterocycles. The molecule has 0 heterocycles. The lowest BCUT2D eigenvalue weighted by molar-refractivity contribution is 0.405. The van der Waals surface area contributed by atoms with Crippen molar-refractivity contribution >= 4 is 0 Å². The highest BCUT2D eigenvalue weighted by Gasteiger charge is 2.07. The summed E-state index contributed by atoms with van der Waals surface area (Å²) in [7, 11) is 1.74. The van der Waals surface area contributed by atoms with Gasteiger partial charge in [-0.3, -0.25) is 0 Å². The third-order valence-corrected chi connectivity index (χ3v) is 2.86. The molecule has 1 rings (SSSR count). The molecule has 0 aliphatic heterocycles. The first kappa shape index (κ1) is 12.1. The number of hydrogen-bond acceptors (Lipinski definition) is 2. The molecule has 0 saturated heterocycles. The highest BCUT2D eigenvalue weighted by Crippen LogP contribution is 2.27. The number of aryl methyl sites for hydroxylation is 2. The molecule has 0 amide bonds. The summed E-state index contributed by atoms with van der Waals surface area (Å²) in [4.78, 5) is 0. The van der Waals surface area contributed by atoms with E-state index in [4.69, 9.17) is 10.5 Å². The predicted molar refractivity (Wildman–Crippen MR) is 64.5 cm³/mol. The van der Waals surface area contributed by atoms with Crippen molar-refractivity contribution in [3.05, 3.63) is 28.8 Å². The average Bonchev–Trinajstić information content (AvgIpc) is 2.24. The van der Waals surface area contributed by atoms with Crippen molar-refractivity contribution in [3.8, 4) is 5.75 Å². The highest BCUT2D eigenvalue weighted by atomic mass is 16.5. The molecule has 2 nitrogen and oxygen atoms in total. The predicted octanol–water partition coefficient (Wildman–Crippen LogP) is 2.59. The van der Waals surface area contributed by atoms with Crippen LogP contribution >= 0.6 is 0 Å². The summed E-state index contributed by atoms with van der Waals surface area (Å²) in [5.41, 5.74) is 9.33. The van der Waals surface area contributed by atoms with Gasteiger partial charge in [-0.15, -0.1) is 0 Å². The first-order valence-electron chi connectivity index (χ1n) is 5.53. The van der Waals surface area contributed by atoms with E-state index in [0.717, 1.165) is 31.6 Å². The Balaban J connectivity index is 2.83. The van der Waals surface area contributed by atoms with E-state index < -0.39 is 0 Å². The number of nitrogens with two attached hydrogens (primary N) is 1. The normalized spacial score (nSPS) is 10.4. The highest BCUT2D eigenvalue weighted by molar-refractivity contribution is 5.45. The van der Waals surface area contributed by atoms with Gasteiger partial charge in [-0.05, 0) is 56.3 Å². The van der Waals surface area contributed by atoms with E-state index in [0.29, 0.717) is 0 Å². The number of rotatable bonds is 5. The number of ether oxygens (including phenoxy) is 1. The second kappa shape index (κ2) is 5.76. The lowest BCUT2D eigenvalue weighted by Gasteiger charge is -2.13. The van der Waals surface area contributed by atoms with E-state index in [1.165, 1.54) is 16.7 Å². The van der Waals surface area contributed by atoms with Gasteiger partial charge in [-0.25, -0.2) is 0 Å². The van der Waals surface area contributed by atoms with Gasteiger partial charge in [0, 0.05) is 0 Å². The standard InChI is InChI=1S/C13H21NO/c1-10-7-8-12(6-4-5-9-14)13(15-3)11(10)2/h7-8H,4-6,9,14H2,1-3H3. The Morgan fingerprint density at radius 3 is 2.53 bits per heavy atom.